The molecular weight excluding hydrogens is 340 g/mol. The van der Waals surface area contributed by atoms with Crippen molar-refractivity contribution in [3.63, 3.8) is 0 Å². The van der Waals surface area contributed by atoms with Crippen LogP contribution < -0.4 is 0 Å². The number of nitrogens with zero attached hydrogens (tertiary/aromatic N) is 1. The Morgan fingerprint density at radius 3 is 1.46 bits per heavy atom. The standard InChI is InChI=1S/C26H20N2/c27-25(20-12-4-1-5-13-20)23-18-10-11-19-24(23)28-26(21-14-6-2-7-15-21)22-16-8-3-9-17-22/h1-19,27H. The molecule has 0 spiro atoms. The summed E-state index contributed by atoms with van der Waals surface area (Å²) in [6.07, 6.45) is 0. The monoisotopic (exact) mass is 360 g/mol. The Bertz CT molecular complexity index is 1060. The van der Waals surface area contributed by atoms with Crippen LogP contribution >= 0.6 is 0 Å². The summed E-state index contributed by atoms with van der Waals surface area (Å²) in [6.45, 7) is 0. The average molecular weight is 360 g/mol. The molecule has 28 heavy (non-hydrogen) atoms. The van der Waals surface area contributed by atoms with Crippen LogP contribution in [0.4, 0.5) is 5.69 Å². The summed E-state index contributed by atoms with van der Waals surface area (Å²) >= 11 is 0. The molecule has 4 aromatic carbocycles. The van der Waals surface area contributed by atoms with Crippen LogP contribution in [-0.2, 0) is 0 Å². The molecule has 0 aliphatic carbocycles. The lowest BCUT2D eigenvalue weighted by Gasteiger charge is -2.11. The van der Waals surface area contributed by atoms with Gasteiger partial charge >= 0.3 is 0 Å². The second-order valence-corrected chi connectivity index (χ2v) is 6.45. The Kier molecular flexibility index (Phi) is 5.21. The smallest absolute Gasteiger partial charge is 0.0781 e. The van der Waals surface area contributed by atoms with E-state index in [0.717, 1.165) is 33.7 Å². The van der Waals surface area contributed by atoms with Crippen molar-refractivity contribution in [2.75, 3.05) is 0 Å². The Labute approximate surface area is 165 Å². The van der Waals surface area contributed by atoms with Gasteiger partial charge in [-0.25, -0.2) is 4.99 Å². The van der Waals surface area contributed by atoms with Crippen molar-refractivity contribution in [3.05, 3.63) is 138 Å². The average Bonchev–Trinajstić information content (AvgIpc) is 2.79. The third-order valence-electron chi connectivity index (χ3n) is 4.56. The summed E-state index contributed by atoms with van der Waals surface area (Å²) in [5, 5.41) is 8.70. The number of para-hydroxylation sites is 1. The fourth-order valence-corrected chi connectivity index (χ4v) is 3.15. The zero-order valence-electron chi connectivity index (χ0n) is 15.4. The summed E-state index contributed by atoms with van der Waals surface area (Å²) in [6, 6.07) is 38.0. The van der Waals surface area contributed by atoms with Gasteiger partial charge < -0.3 is 0 Å². The first-order chi connectivity index (χ1) is 13.8. The van der Waals surface area contributed by atoms with E-state index < -0.39 is 0 Å². The molecule has 0 saturated heterocycles. The maximum absolute atomic E-state index is 8.70. The van der Waals surface area contributed by atoms with Gasteiger partial charge in [-0.05, 0) is 6.07 Å². The van der Waals surface area contributed by atoms with Crippen LogP contribution in [0.5, 0.6) is 0 Å². The van der Waals surface area contributed by atoms with E-state index in [1.165, 1.54) is 0 Å². The highest BCUT2D eigenvalue weighted by Crippen LogP contribution is 2.25. The lowest BCUT2D eigenvalue weighted by atomic mass is 9.99. The van der Waals surface area contributed by atoms with E-state index >= 15 is 0 Å². The van der Waals surface area contributed by atoms with Crippen molar-refractivity contribution in [1.29, 1.82) is 5.41 Å². The molecule has 0 bridgehead atoms. The van der Waals surface area contributed by atoms with E-state index in [0.29, 0.717) is 5.71 Å². The molecule has 0 unspecified atom stereocenters. The molecule has 2 heteroatoms. The molecule has 0 saturated carbocycles. The number of nitrogens with one attached hydrogen (secondary N) is 1. The van der Waals surface area contributed by atoms with Gasteiger partial charge in [0.25, 0.3) is 0 Å². The molecule has 4 aromatic rings. The van der Waals surface area contributed by atoms with Gasteiger partial charge in [-0.2, -0.15) is 0 Å². The van der Waals surface area contributed by atoms with Crippen LogP contribution in [0.25, 0.3) is 0 Å². The summed E-state index contributed by atoms with van der Waals surface area (Å²) < 4.78 is 0. The van der Waals surface area contributed by atoms with Gasteiger partial charge in [0.1, 0.15) is 0 Å². The Hall–Kier alpha value is -3.78. The Morgan fingerprint density at radius 2 is 0.929 bits per heavy atom. The lowest BCUT2D eigenvalue weighted by molar-refractivity contribution is 1.41. The summed E-state index contributed by atoms with van der Waals surface area (Å²) in [4.78, 5) is 5.02. The number of rotatable bonds is 5. The van der Waals surface area contributed by atoms with Crippen LogP contribution in [0.15, 0.2) is 120 Å². The van der Waals surface area contributed by atoms with E-state index in [9.17, 15) is 0 Å². The highest BCUT2D eigenvalue weighted by Gasteiger charge is 2.12. The largest absolute Gasteiger partial charge is 0.300 e. The first-order valence-electron chi connectivity index (χ1n) is 9.26. The topological polar surface area (TPSA) is 36.2 Å². The van der Waals surface area contributed by atoms with Crippen molar-refractivity contribution in [1.82, 2.24) is 0 Å². The predicted octanol–water partition coefficient (Wildman–Crippen LogP) is 6.27. The molecule has 0 radical (unpaired) electrons. The van der Waals surface area contributed by atoms with E-state index in [1.54, 1.807) is 0 Å². The SMILES string of the molecule is N=C(c1ccccc1)c1ccccc1N=C(c1ccccc1)c1ccccc1. The quantitative estimate of drug-likeness (QED) is 0.407. The molecule has 0 aliphatic heterocycles. The van der Waals surface area contributed by atoms with Crippen molar-refractivity contribution in [2.45, 2.75) is 0 Å². The van der Waals surface area contributed by atoms with E-state index in [1.807, 2.05) is 91.0 Å². The van der Waals surface area contributed by atoms with Crippen LogP contribution in [0.3, 0.4) is 0 Å². The third-order valence-corrected chi connectivity index (χ3v) is 4.56. The van der Waals surface area contributed by atoms with Crippen LogP contribution in [-0.4, -0.2) is 11.4 Å². The zero-order valence-corrected chi connectivity index (χ0v) is 15.4. The van der Waals surface area contributed by atoms with Gasteiger partial charge in [0.05, 0.1) is 17.1 Å². The third kappa shape index (κ3) is 3.81. The summed E-state index contributed by atoms with van der Waals surface area (Å²) in [5.74, 6) is 0. The van der Waals surface area contributed by atoms with Crippen molar-refractivity contribution >= 4 is 17.1 Å². The normalized spacial score (nSPS) is 10.3. The fraction of sp³-hybridized carbons (Fsp3) is 0. The second-order valence-electron chi connectivity index (χ2n) is 6.45. The van der Waals surface area contributed by atoms with E-state index in [2.05, 4.69) is 24.3 Å². The molecule has 2 nitrogen and oxygen atoms in total. The molecular formula is C26H20N2. The summed E-state index contributed by atoms with van der Waals surface area (Å²) in [5.41, 5.74) is 5.96. The zero-order chi connectivity index (χ0) is 19.2. The summed E-state index contributed by atoms with van der Waals surface area (Å²) in [7, 11) is 0. The molecule has 0 atom stereocenters. The van der Waals surface area contributed by atoms with Crippen LogP contribution in [0.1, 0.15) is 22.3 Å². The molecule has 1 N–H and O–H groups in total. The van der Waals surface area contributed by atoms with Crippen molar-refractivity contribution in [3.8, 4) is 0 Å². The number of benzene rings is 4. The van der Waals surface area contributed by atoms with Crippen molar-refractivity contribution < 1.29 is 0 Å². The highest BCUT2D eigenvalue weighted by molar-refractivity contribution is 6.17. The van der Waals surface area contributed by atoms with E-state index in [4.69, 9.17) is 10.4 Å². The second kappa shape index (κ2) is 8.28. The molecule has 0 heterocycles. The minimum Gasteiger partial charge on any atom is -0.300 e. The fourth-order valence-electron chi connectivity index (χ4n) is 3.15. The molecule has 134 valence electrons. The maximum Gasteiger partial charge on any atom is 0.0781 e. The minimum absolute atomic E-state index is 0.473. The minimum atomic E-state index is 0.473. The molecule has 0 aromatic heterocycles. The maximum atomic E-state index is 8.70. The molecule has 0 fully saturated rings. The van der Waals surface area contributed by atoms with Gasteiger partial charge in [0, 0.05) is 22.3 Å². The molecule has 0 aliphatic rings. The van der Waals surface area contributed by atoms with Gasteiger partial charge in [0.15, 0.2) is 0 Å². The lowest BCUT2D eigenvalue weighted by Crippen LogP contribution is -2.05. The highest BCUT2D eigenvalue weighted by atomic mass is 14.8. The van der Waals surface area contributed by atoms with Gasteiger partial charge in [0.2, 0.25) is 0 Å². The van der Waals surface area contributed by atoms with Crippen LogP contribution in [0, 0.1) is 5.41 Å². The first-order valence-corrected chi connectivity index (χ1v) is 9.26. The van der Waals surface area contributed by atoms with Gasteiger partial charge in [-0.3, -0.25) is 5.41 Å². The predicted molar refractivity (Wildman–Crippen MR) is 117 cm³/mol. The van der Waals surface area contributed by atoms with E-state index in [-0.39, 0.29) is 0 Å². The Balaban J connectivity index is 1.85. The van der Waals surface area contributed by atoms with Gasteiger partial charge in [-0.15, -0.1) is 0 Å². The van der Waals surface area contributed by atoms with Gasteiger partial charge in [-0.1, -0.05) is 109 Å². The molecule has 4 rings (SSSR count). The first kappa shape index (κ1) is 17.6. The van der Waals surface area contributed by atoms with Crippen LogP contribution in [0.2, 0.25) is 0 Å². The molecule has 0 amide bonds. The number of hydrogen-bond donors (Lipinski definition) is 1. The number of aliphatic imine (C=N–C) groups is 1. The number of hydrogen-bond acceptors (Lipinski definition) is 2. The Morgan fingerprint density at radius 1 is 0.500 bits per heavy atom. The van der Waals surface area contributed by atoms with Crippen molar-refractivity contribution in [2.24, 2.45) is 4.99 Å².